The van der Waals surface area contributed by atoms with Gasteiger partial charge >= 0.3 is 0 Å². The molecule has 0 spiro atoms. The number of rotatable bonds is 1. The van der Waals surface area contributed by atoms with Gasteiger partial charge in [-0.05, 0) is 58.3 Å². The molecule has 0 aliphatic rings. The van der Waals surface area contributed by atoms with Crippen molar-refractivity contribution in [3.8, 4) is 0 Å². The Morgan fingerprint density at radius 1 is 0.944 bits per heavy atom. The molecular formula is C17H13Cl. The highest BCUT2D eigenvalue weighted by molar-refractivity contribution is 6.31. The van der Waals surface area contributed by atoms with Gasteiger partial charge in [-0.25, -0.2) is 0 Å². The largest absolute Gasteiger partial charge is 0.0955 e. The molecule has 0 saturated carbocycles. The van der Waals surface area contributed by atoms with E-state index in [9.17, 15) is 0 Å². The summed E-state index contributed by atoms with van der Waals surface area (Å²) in [5, 5.41) is 5.62. The van der Waals surface area contributed by atoms with Crippen LogP contribution in [0.5, 0.6) is 0 Å². The lowest BCUT2D eigenvalue weighted by atomic mass is 9.97. The van der Waals surface area contributed by atoms with E-state index in [0.29, 0.717) is 0 Å². The molecule has 0 radical (unpaired) electrons. The number of hydrogen-bond donors (Lipinski definition) is 0. The molecule has 0 fully saturated rings. The monoisotopic (exact) mass is 252 g/mol. The number of hydrogen-bond acceptors (Lipinski definition) is 0. The van der Waals surface area contributed by atoms with Crippen LogP contribution in [0.15, 0.2) is 55.1 Å². The lowest BCUT2D eigenvalue weighted by Crippen LogP contribution is -1.84. The average Bonchev–Trinajstić information content (AvgIpc) is 2.35. The molecule has 0 heterocycles. The fraction of sp³-hybridized carbons (Fsp3) is 0.0588. The Bertz CT molecular complexity index is 769. The normalized spacial score (nSPS) is 11.0. The zero-order valence-corrected chi connectivity index (χ0v) is 11.0. The molecular weight excluding hydrogens is 240 g/mol. The van der Waals surface area contributed by atoms with Crippen LogP contribution in [0.1, 0.15) is 12.5 Å². The molecule has 3 rings (SSSR count). The van der Waals surface area contributed by atoms with Crippen LogP contribution in [0, 0.1) is 0 Å². The summed E-state index contributed by atoms with van der Waals surface area (Å²) >= 11 is 6.18. The second-order valence-corrected chi connectivity index (χ2v) is 5.09. The van der Waals surface area contributed by atoms with Gasteiger partial charge in [-0.3, -0.25) is 0 Å². The van der Waals surface area contributed by atoms with Gasteiger partial charge in [0.1, 0.15) is 0 Å². The van der Waals surface area contributed by atoms with Gasteiger partial charge in [0.15, 0.2) is 0 Å². The van der Waals surface area contributed by atoms with Crippen LogP contribution in [0.2, 0.25) is 5.02 Å². The highest BCUT2D eigenvalue weighted by atomic mass is 35.5. The second-order valence-electron chi connectivity index (χ2n) is 4.65. The minimum absolute atomic E-state index is 0.760. The van der Waals surface area contributed by atoms with Crippen LogP contribution in [0.25, 0.3) is 27.1 Å². The molecule has 0 saturated heterocycles. The molecule has 0 aliphatic heterocycles. The maximum Gasteiger partial charge on any atom is 0.0418 e. The van der Waals surface area contributed by atoms with Crippen LogP contribution in [0.3, 0.4) is 0 Å². The van der Waals surface area contributed by atoms with Crippen LogP contribution >= 0.6 is 11.6 Å². The Labute approximate surface area is 112 Å². The zero-order valence-electron chi connectivity index (χ0n) is 10.2. The lowest BCUT2D eigenvalue weighted by molar-refractivity contribution is 1.64. The van der Waals surface area contributed by atoms with Crippen LogP contribution < -0.4 is 0 Å². The van der Waals surface area contributed by atoms with Gasteiger partial charge in [0.05, 0.1) is 0 Å². The van der Waals surface area contributed by atoms with Gasteiger partial charge in [-0.15, -0.1) is 0 Å². The third-order valence-corrected chi connectivity index (χ3v) is 3.46. The van der Waals surface area contributed by atoms with Gasteiger partial charge in [-0.1, -0.05) is 48.0 Å². The van der Waals surface area contributed by atoms with E-state index >= 15 is 0 Å². The van der Waals surface area contributed by atoms with E-state index in [1.807, 2.05) is 19.1 Å². The Morgan fingerprint density at radius 3 is 2.28 bits per heavy atom. The maximum absolute atomic E-state index is 6.18. The number of fused-ring (bicyclic) bond motifs is 2. The van der Waals surface area contributed by atoms with Gasteiger partial charge in [0.25, 0.3) is 0 Å². The van der Waals surface area contributed by atoms with E-state index in [0.717, 1.165) is 16.2 Å². The Hall–Kier alpha value is -1.79. The minimum Gasteiger partial charge on any atom is -0.0955 e. The SMILES string of the molecule is C=C(C)c1cc(Cl)cc2cc3ccccc3cc12. The van der Waals surface area contributed by atoms with Crippen molar-refractivity contribution in [1.29, 1.82) is 0 Å². The summed E-state index contributed by atoms with van der Waals surface area (Å²) in [6.07, 6.45) is 0. The Kier molecular flexibility index (Phi) is 2.61. The predicted octanol–water partition coefficient (Wildman–Crippen LogP) is 5.68. The lowest BCUT2D eigenvalue weighted by Gasteiger charge is -2.09. The fourth-order valence-electron chi connectivity index (χ4n) is 2.37. The van der Waals surface area contributed by atoms with Crippen LogP contribution in [-0.2, 0) is 0 Å². The van der Waals surface area contributed by atoms with Crippen molar-refractivity contribution in [2.24, 2.45) is 0 Å². The summed E-state index contributed by atoms with van der Waals surface area (Å²) in [6, 6.07) is 16.8. The molecule has 0 amide bonds. The van der Waals surface area contributed by atoms with E-state index in [-0.39, 0.29) is 0 Å². The molecule has 88 valence electrons. The van der Waals surface area contributed by atoms with Crippen molar-refractivity contribution in [3.05, 3.63) is 65.7 Å². The fourth-order valence-corrected chi connectivity index (χ4v) is 2.60. The third kappa shape index (κ3) is 1.79. The molecule has 3 aromatic carbocycles. The first-order chi connectivity index (χ1) is 8.65. The van der Waals surface area contributed by atoms with Crippen molar-refractivity contribution in [3.63, 3.8) is 0 Å². The topological polar surface area (TPSA) is 0 Å². The molecule has 0 nitrogen and oxygen atoms in total. The predicted molar refractivity (Wildman–Crippen MR) is 81.2 cm³/mol. The molecule has 0 unspecified atom stereocenters. The first kappa shape index (κ1) is 11.3. The van der Waals surface area contributed by atoms with Gasteiger partial charge < -0.3 is 0 Å². The molecule has 1 heteroatoms. The van der Waals surface area contributed by atoms with Crippen molar-refractivity contribution >= 4 is 38.7 Å². The minimum atomic E-state index is 0.760. The summed E-state index contributed by atoms with van der Waals surface area (Å²) < 4.78 is 0. The summed E-state index contributed by atoms with van der Waals surface area (Å²) in [7, 11) is 0. The summed E-state index contributed by atoms with van der Waals surface area (Å²) in [5.41, 5.74) is 2.17. The first-order valence-electron chi connectivity index (χ1n) is 5.93. The summed E-state index contributed by atoms with van der Waals surface area (Å²) in [6.45, 7) is 6.05. The van der Waals surface area contributed by atoms with Crippen LogP contribution in [0.4, 0.5) is 0 Å². The van der Waals surface area contributed by atoms with Crippen molar-refractivity contribution < 1.29 is 0 Å². The summed E-state index contributed by atoms with van der Waals surface area (Å²) in [4.78, 5) is 0. The van der Waals surface area contributed by atoms with E-state index in [4.69, 9.17) is 11.6 Å². The molecule has 0 aromatic heterocycles. The molecule has 0 aliphatic carbocycles. The zero-order chi connectivity index (χ0) is 12.7. The van der Waals surface area contributed by atoms with E-state index in [1.165, 1.54) is 21.5 Å². The number of benzene rings is 3. The van der Waals surface area contributed by atoms with Gasteiger partial charge in [-0.2, -0.15) is 0 Å². The van der Waals surface area contributed by atoms with Gasteiger partial charge in [0, 0.05) is 5.02 Å². The molecule has 3 aromatic rings. The highest BCUT2D eigenvalue weighted by Gasteiger charge is 2.05. The number of allylic oxidation sites excluding steroid dienone is 1. The molecule has 0 bridgehead atoms. The van der Waals surface area contributed by atoms with Crippen molar-refractivity contribution in [2.45, 2.75) is 6.92 Å². The smallest absolute Gasteiger partial charge is 0.0418 e. The molecule has 0 N–H and O–H groups in total. The first-order valence-corrected chi connectivity index (χ1v) is 6.31. The van der Waals surface area contributed by atoms with Crippen molar-refractivity contribution in [1.82, 2.24) is 0 Å². The third-order valence-electron chi connectivity index (χ3n) is 3.24. The highest BCUT2D eigenvalue weighted by Crippen LogP contribution is 2.31. The van der Waals surface area contributed by atoms with E-state index in [2.05, 4.69) is 43.0 Å². The maximum atomic E-state index is 6.18. The van der Waals surface area contributed by atoms with Gasteiger partial charge in [0.2, 0.25) is 0 Å². The van der Waals surface area contributed by atoms with Crippen LogP contribution in [-0.4, -0.2) is 0 Å². The Morgan fingerprint density at radius 2 is 1.61 bits per heavy atom. The van der Waals surface area contributed by atoms with Crippen molar-refractivity contribution in [2.75, 3.05) is 0 Å². The summed E-state index contributed by atoms with van der Waals surface area (Å²) in [5.74, 6) is 0. The average molecular weight is 253 g/mol. The quantitative estimate of drug-likeness (QED) is 0.489. The molecule has 18 heavy (non-hydrogen) atoms. The number of halogens is 1. The van der Waals surface area contributed by atoms with E-state index < -0.39 is 0 Å². The standard InChI is InChI=1S/C17H13Cl/c1-11(2)16-10-15(18)8-14-7-12-5-3-4-6-13(12)9-17(14)16/h3-10H,1H2,2H3. The second kappa shape index (κ2) is 4.15. The Balaban J connectivity index is 2.49. The molecule has 0 atom stereocenters. The van der Waals surface area contributed by atoms with E-state index in [1.54, 1.807) is 0 Å².